The van der Waals surface area contributed by atoms with Crippen LogP contribution in [0.15, 0.2) is 60.0 Å². The summed E-state index contributed by atoms with van der Waals surface area (Å²) in [5.41, 5.74) is 3.93. The second kappa shape index (κ2) is 9.99. The summed E-state index contributed by atoms with van der Waals surface area (Å²) in [6.07, 6.45) is 3.60. The van der Waals surface area contributed by atoms with Crippen LogP contribution >= 0.6 is 11.8 Å². The van der Waals surface area contributed by atoms with Gasteiger partial charge in [-0.2, -0.15) is 0 Å². The van der Waals surface area contributed by atoms with Gasteiger partial charge in [0, 0.05) is 23.8 Å². The Kier molecular flexibility index (Phi) is 6.90. The Hall–Kier alpha value is -3.13. The summed E-state index contributed by atoms with van der Waals surface area (Å²) >= 11 is 1.34. The molecule has 0 bridgehead atoms. The van der Waals surface area contributed by atoms with Crippen LogP contribution in [0.5, 0.6) is 0 Å². The van der Waals surface area contributed by atoms with Gasteiger partial charge in [-0.25, -0.2) is 0 Å². The van der Waals surface area contributed by atoms with E-state index in [2.05, 4.69) is 46.8 Å². The van der Waals surface area contributed by atoms with Crippen LogP contribution in [-0.2, 0) is 16.1 Å². The van der Waals surface area contributed by atoms with E-state index in [0.717, 1.165) is 29.8 Å². The number of thioether (sulfide) groups is 1. The fourth-order valence-electron chi connectivity index (χ4n) is 3.25. The molecule has 2 N–H and O–H groups in total. The lowest BCUT2D eigenvalue weighted by Gasteiger charge is -2.10. The van der Waals surface area contributed by atoms with Crippen LogP contribution in [0, 0.1) is 5.92 Å². The SMILES string of the molecule is CC(C)c1ccc(-n2cnnc2SCC(=O)NCc2cccc(NC(=O)C3CC3)c2)cc1. The molecule has 0 spiro atoms. The predicted molar refractivity (Wildman–Crippen MR) is 126 cm³/mol. The summed E-state index contributed by atoms with van der Waals surface area (Å²) < 4.78 is 1.88. The molecule has 1 aliphatic carbocycles. The van der Waals surface area contributed by atoms with Crippen molar-refractivity contribution in [2.45, 2.75) is 44.3 Å². The van der Waals surface area contributed by atoms with Gasteiger partial charge < -0.3 is 10.6 Å². The number of amides is 2. The third-order valence-corrected chi connectivity index (χ3v) is 6.26. The zero-order chi connectivity index (χ0) is 22.5. The molecule has 1 fully saturated rings. The highest BCUT2D eigenvalue weighted by Crippen LogP contribution is 2.30. The predicted octanol–water partition coefficient (Wildman–Crippen LogP) is 4.15. The molecule has 1 aromatic heterocycles. The normalized spacial score (nSPS) is 13.2. The van der Waals surface area contributed by atoms with Gasteiger partial charge in [-0.3, -0.25) is 14.2 Å². The smallest absolute Gasteiger partial charge is 0.230 e. The van der Waals surface area contributed by atoms with Gasteiger partial charge in [-0.05, 0) is 54.2 Å². The number of hydrogen-bond acceptors (Lipinski definition) is 5. The Bertz CT molecular complexity index is 1090. The molecule has 0 radical (unpaired) electrons. The van der Waals surface area contributed by atoms with Crippen LogP contribution in [0.2, 0.25) is 0 Å². The van der Waals surface area contributed by atoms with E-state index in [1.807, 2.05) is 41.0 Å². The Labute approximate surface area is 192 Å². The number of nitrogens with zero attached hydrogens (tertiary/aromatic N) is 3. The number of carbonyl (C=O) groups is 2. The maximum Gasteiger partial charge on any atom is 0.230 e. The van der Waals surface area contributed by atoms with Crippen molar-refractivity contribution in [1.29, 1.82) is 0 Å². The van der Waals surface area contributed by atoms with Crippen molar-refractivity contribution in [3.63, 3.8) is 0 Å². The molecular weight excluding hydrogens is 422 g/mol. The summed E-state index contributed by atoms with van der Waals surface area (Å²) in [5, 5.41) is 14.7. The van der Waals surface area contributed by atoms with Gasteiger partial charge in [0.1, 0.15) is 6.33 Å². The minimum Gasteiger partial charge on any atom is -0.351 e. The lowest BCUT2D eigenvalue weighted by Crippen LogP contribution is -2.24. The second-order valence-electron chi connectivity index (χ2n) is 8.26. The number of benzene rings is 2. The first-order chi connectivity index (χ1) is 15.5. The minimum absolute atomic E-state index is 0.0746. The molecule has 166 valence electrons. The lowest BCUT2D eigenvalue weighted by atomic mass is 10.0. The highest BCUT2D eigenvalue weighted by Gasteiger charge is 2.29. The van der Waals surface area contributed by atoms with Gasteiger partial charge in [0.2, 0.25) is 11.8 Å². The number of rotatable bonds is 9. The lowest BCUT2D eigenvalue weighted by molar-refractivity contribution is -0.119. The quantitative estimate of drug-likeness (QED) is 0.479. The van der Waals surface area contributed by atoms with Crippen LogP contribution in [0.1, 0.15) is 43.7 Å². The topological polar surface area (TPSA) is 88.9 Å². The van der Waals surface area contributed by atoms with E-state index in [1.165, 1.54) is 17.3 Å². The van der Waals surface area contributed by atoms with E-state index in [1.54, 1.807) is 6.33 Å². The maximum atomic E-state index is 12.4. The van der Waals surface area contributed by atoms with E-state index in [0.29, 0.717) is 17.6 Å². The molecule has 3 aromatic rings. The number of carbonyl (C=O) groups excluding carboxylic acids is 2. The van der Waals surface area contributed by atoms with E-state index in [4.69, 9.17) is 0 Å². The highest BCUT2D eigenvalue weighted by molar-refractivity contribution is 7.99. The van der Waals surface area contributed by atoms with Crippen LogP contribution in [0.3, 0.4) is 0 Å². The molecule has 1 saturated carbocycles. The standard InChI is InChI=1S/C24H27N5O2S/c1-16(2)18-8-10-21(11-9-18)29-15-26-28-24(29)32-14-22(30)25-13-17-4-3-5-20(12-17)27-23(31)19-6-7-19/h3-5,8-12,15-16,19H,6-7,13-14H2,1-2H3,(H,25,30)(H,27,31). The van der Waals surface area contributed by atoms with E-state index >= 15 is 0 Å². The van der Waals surface area contributed by atoms with Crippen molar-refractivity contribution in [1.82, 2.24) is 20.1 Å². The third kappa shape index (κ3) is 5.76. The summed E-state index contributed by atoms with van der Waals surface area (Å²) in [6.45, 7) is 4.72. The van der Waals surface area contributed by atoms with E-state index in [9.17, 15) is 9.59 Å². The molecule has 0 unspecified atom stereocenters. The Morgan fingerprint density at radius 2 is 1.94 bits per heavy atom. The number of aromatic nitrogens is 3. The zero-order valence-corrected chi connectivity index (χ0v) is 19.1. The molecule has 7 nitrogen and oxygen atoms in total. The van der Waals surface area contributed by atoms with Crippen molar-refractivity contribution in [3.05, 3.63) is 66.0 Å². The molecule has 2 amide bonds. The monoisotopic (exact) mass is 449 g/mol. The van der Waals surface area contributed by atoms with Crippen molar-refractivity contribution >= 4 is 29.3 Å². The Balaban J connectivity index is 1.29. The molecule has 32 heavy (non-hydrogen) atoms. The Morgan fingerprint density at radius 3 is 2.66 bits per heavy atom. The number of nitrogens with one attached hydrogen (secondary N) is 2. The minimum atomic E-state index is -0.0906. The van der Waals surface area contributed by atoms with Crippen LogP contribution in [-0.4, -0.2) is 32.3 Å². The fraction of sp³-hybridized carbons (Fsp3) is 0.333. The van der Waals surface area contributed by atoms with Crippen molar-refractivity contribution in [3.8, 4) is 5.69 Å². The fourth-order valence-corrected chi connectivity index (χ4v) is 4.01. The largest absolute Gasteiger partial charge is 0.351 e. The highest BCUT2D eigenvalue weighted by atomic mass is 32.2. The second-order valence-corrected chi connectivity index (χ2v) is 9.20. The van der Waals surface area contributed by atoms with E-state index < -0.39 is 0 Å². The van der Waals surface area contributed by atoms with Crippen LogP contribution in [0.25, 0.3) is 5.69 Å². The molecule has 0 aliphatic heterocycles. The third-order valence-electron chi connectivity index (χ3n) is 5.32. The van der Waals surface area contributed by atoms with E-state index in [-0.39, 0.29) is 23.5 Å². The average Bonchev–Trinajstić information content (AvgIpc) is 3.55. The first-order valence-electron chi connectivity index (χ1n) is 10.8. The molecule has 8 heteroatoms. The van der Waals surface area contributed by atoms with Crippen LogP contribution in [0.4, 0.5) is 5.69 Å². The molecule has 1 heterocycles. The first kappa shape index (κ1) is 22.1. The van der Waals surface area contributed by atoms with Gasteiger partial charge in [0.15, 0.2) is 5.16 Å². The molecule has 2 aromatic carbocycles. The molecular formula is C24H27N5O2S. The van der Waals surface area contributed by atoms with Crippen molar-refractivity contribution < 1.29 is 9.59 Å². The molecule has 0 saturated heterocycles. The van der Waals surface area contributed by atoms with Gasteiger partial charge in [0.25, 0.3) is 0 Å². The number of anilines is 1. The molecule has 0 atom stereocenters. The first-order valence-corrected chi connectivity index (χ1v) is 11.8. The summed E-state index contributed by atoms with van der Waals surface area (Å²) in [6, 6.07) is 15.8. The number of hydrogen-bond donors (Lipinski definition) is 2. The van der Waals surface area contributed by atoms with Crippen LogP contribution < -0.4 is 10.6 Å². The Morgan fingerprint density at radius 1 is 1.16 bits per heavy atom. The van der Waals surface area contributed by atoms with Gasteiger partial charge >= 0.3 is 0 Å². The summed E-state index contributed by atoms with van der Waals surface area (Å²) in [7, 11) is 0. The van der Waals surface area contributed by atoms with Gasteiger partial charge in [-0.1, -0.05) is 49.9 Å². The van der Waals surface area contributed by atoms with Gasteiger partial charge in [-0.15, -0.1) is 10.2 Å². The zero-order valence-electron chi connectivity index (χ0n) is 18.2. The summed E-state index contributed by atoms with van der Waals surface area (Å²) in [4.78, 5) is 24.3. The maximum absolute atomic E-state index is 12.4. The molecule has 1 aliphatic rings. The van der Waals surface area contributed by atoms with Crippen molar-refractivity contribution in [2.24, 2.45) is 5.92 Å². The van der Waals surface area contributed by atoms with Gasteiger partial charge in [0.05, 0.1) is 5.75 Å². The van der Waals surface area contributed by atoms with Crippen molar-refractivity contribution in [2.75, 3.05) is 11.1 Å². The molecule has 4 rings (SSSR count). The average molecular weight is 450 g/mol. The summed E-state index contributed by atoms with van der Waals surface area (Å²) in [5.74, 6) is 0.849.